The molecule has 3 nitrogen and oxygen atoms in total. The van der Waals surface area contributed by atoms with Crippen LogP contribution < -0.4 is 9.47 Å². The predicted octanol–water partition coefficient (Wildman–Crippen LogP) is 9.33. The third-order valence-corrected chi connectivity index (χ3v) is 7.29. The topological polar surface area (TPSA) is 35.5 Å². The lowest BCUT2D eigenvalue weighted by molar-refractivity contribution is -0.140. The van der Waals surface area contributed by atoms with E-state index < -0.39 is 81.1 Å². The van der Waals surface area contributed by atoms with Crippen molar-refractivity contribution in [3.8, 4) is 22.6 Å². The number of ether oxygens (including phenoxy) is 2. The van der Waals surface area contributed by atoms with Gasteiger partial charge in [-0.3, -0.25) is 4.79 Å². The molecule has 0 aliphatic heterocycles. The minimum absolute atomic E-state index is 0.292. The lowest BCUT2D eigenvalue weighted by Gasteiger charge is -2.27. The average molecular weight is 581 g/mol. The summed E-state index contributed by atoms with van der Waals surface area (Å²) in [6.45, 7) is 3.59. The third-order valence-electron chi connectivity index (χ3n) is 7.29. The van der Waals surface area contributed by atoms with Gasteiger partial charge in [0.25, 0.3) is 0 Å². The SMILES string of the molecule is CCCCCOc1c(F)c(F)c(-c2c(F)c(F)c(OC(=O)C3CCC(CCCCC)CC3)c(F)c2F)c(F)c1F. The fourth-order valence-electron chi connectivity index (χ4n) is 4.96. The van der Waals surface area contributed by atoms with Gasteiger partial charge in [0, 0.05) is 0 Å². The minimum Gasteiger partial charge on any atom is -0.487 e. The van der Waals surface area contributed by atoms with Crippen LogP contribution in [0.5, 0.6) is 11.5 Å². The monoisotopic (exact) mass is 580 g/mol. The molecule has 0 bridgehead atoms. The van der Waals surface area contributed by atoms with Crippen molar-refractivity contribution in [2.24, 2.45) is 11.8 Å². The molecule has 0 aromatic heterocycles. The molecule has 0 unspecified atom stereocenters. The molecule has 0 amide bonds. The van der Waals surface area contributed by atoms with Gasteiger partial charge in [0.15, 0.2) is 29.0 Å². The van der Waals surface area contributed by atoms with Crippen molar-refractivity contribution in [3.63, 3.8) is 0 Å². The first-order valence-electron chi connectivity index (χ1n) is 13.6. The first-order chi connectivity index (χ1) is 19.0. The fraction of sp³-hybridized carbons (Fsp3) is 0.552. The highest BCUT2D eigenvalue weighted by atomic mass is 19.2. The minimum atomic E-state index is -2.39. The van der Waals surface area contributed by atoms with E-state index >= 15 is 0 Å². The van der Waals surface area contributed by atoms with Gasteiger partial charge in [0.05, 0.1) is 23.7 Å². The highest BCUT2D eigenvalue weighted by molar-refractivity contribution is 5.76. The fourth-order valence-corrected chi connectivity index (χ4v) is 4.96. The molecule has 3 rings (SSSR count). The van der Waals surface area contributed by atoms with Gasteiger partial charge in [-0.1, -0.05) is 52.4 Å². The molecule has 2 aromatic rings. The van der Waals surface area contributed by atoms with Crippen LogP contribution in [0.1, 0.15) is 84.5 Å². The summed E-state index contributed by atoms with van der Waals surface area (Å²) < 4.78 is 127. The molecule has 1 saturated carbocycles. The standard InChI is InChI=1S/C29H32F8O3/c1-3-5-7-9-15-10-12-16(13-11-15)29(38)40-28-25(36)21(32)18(22(33)26(28)37)17-19(30)23(34)27(24(35)20(17)31)39-14-8-6-4-2/h15-16H,3-14H2,1-2H3. The number of benzene rings is 2. The van der Waals surface area contributed by atoms with Crippen molar-refractivity contribution in [3.05, 3.63) is 46.5 Å². The lowest BCUT2D eigenvalue weighted by Crippen LogP contribution is -2.26. The van der Waals surface area contributed by atoms with E-state index in [2.05, 4.69) is 11.7 Å². The van der Waals surface area contributed by atoms with Crippen LogP contribution in [0.2, 0.25) is 0 Å². The zero-order chi connectivity index (χ0) is 29.6. The van der Waals surface area contributed by atoms with Crippen LogP contribution >= 0.6 is 0 Å². The summed E-state index contributed by atoms with van der Waals surface area (Å²) in [5, 5.41) is 0. The van der Waals surface area contributed by atoms with E-state index in [1.54, 1.807) is 0 Å². The Labute approximate surface area is 227 Å². The Morgan fingerprint density at radius 1 is 0.625 bits per heavy atom. The second-order valence-electron chi connectivity index (χ2n) is 10.1. The summed E-state index contributed by atoms with van der Waals surface area (Å²) in [7, 11) is 0. The number of rotatable bonds is 12. The maximum atomic E-state index is 14.9. The number of hydrogen-bond acceptors (Lipinski definition) is 3. The van der Waals surface area contributed by atoms with E-state index in [0.29, 0.717) is 50.9 Å². The molecule has 0 radical (unpaired) electrons. The van der Waals surface area contributed by atoms with Crippen LogP contribution in [-0.2, 0) is 4.79 Å². The smallest absolute Gasteiger partial charge is 0.314 e. The molecule has 2 aromatic carbocycles. The molecule has 11 heteroatoms. The van der Waals surface area contributed by atoms with E-state index in [9.17, 15) is 39.9 Å². The van der Waals surface area contributed by atoms with Gasteiger partial charge in [-0.25, -0.2) is 17.6 Å². The number of carbonyl (C=O) groups is 1. The highest BCUT2D eigenvalue weighted by Gasteiger charge is 2.37. The van der Waals surface area contributed by atoms with Gasteiger partial charge in [0.2, 0.25) is 29.0 Å². The normalized spacial score (nSPS) is 17.2. The summed E-state index contributed by atoms with van der Waals surface area (Å²) in [4.78, 5) is 12.5. The maximum absolute atomic E-state index is 14.9. The molecule has 40 heavy (non-hydrogen) atoms. The molecular formula is C29H32F8O3. The van der Waals surface area contributed by atoms with Crippen LogP contribution in [0.25, 0.3) is 11.1 Å². The Bertz CT molecular complexity index is 1150. The second kappa shape index (κ2) is 14.2. The van der Waals surface area contributed by atoms with E-state index in [-0.39, 0.29) is 6.61 Å². The van der Waals surface area contributed by atoms with E-state index in [1.807, 2.05) is 6.92 Å². The number of unbranched alkanes of at least 4 members (excludes halogenated alkanes) is 4. The van der Waals surface area contributed by atoms with Crippen LogP contribution in [0, 0.1) is 58.4 Å². The summed E-state index contributed by atoms with van der Waals surface area (Å²) in [6.07, 6.45) is 7.79. The molecule has 0 atom stereocenters. The van der Waals surface area contributed by atoms with Crippen molar-refractivity contribution < 1.29 is 49.4 Å². The zero-order valence-electron chi connectivity index (χ0n) is 22.4. The van der Waals surface area contributed by atoms with Crippen molar-refractivity contribution in [1.82, 2.24) is 0 Å². The summed E-state index contributed by atoms with van der Waals surface area (Å²) >= 11 is 0. The molecule has 1 aliphatic rings. The van der Waals surface area contributed by atoms with E-state index in [4.69, 9.17) is 4.74 Å². The summed E-state index contributed by atoms with van der Waals surface area (Å²) in [5.74, 6) is -23.0. The van der Waals surface area contributed by atoms with Crippen LogP contribution in [0.3, 0.4) is 0 Å². The van der Waals surface area contributed by atoms with Crippen molar-refractivity contribution >= 4 is 5.97 Å². The Balaban J connectivity index is 1.87. The zero-order valence-corrected chi connectivity index (χ0v) is 22.4. The molecular weight excluding hydrogens is 548 g/mol. The first kappa shape index (κ1) is 31.7. The van der Waals surface area contributed by atoms with Crippen LogP contribution in [-0.4, -0.2) is 12.6 Å². The number of halogens is 8. The van der Waals surface area contributed by atoms with Gasteiger partial charge in [-0.15, -0.1) is 0 Å². The van der Waals surface area contributed by atoms with Gasteiger partial charge in [-0.2, -0.15) is 17.6 Å². The Morgan fingerprint density at radius 2 is 1.07 bits per heavy atom. The van der Waals surface area contributed by atoms with Crippen molar-refractivity contribution in [2.75, 3.05) is 6.61 Å². The molecule has 1 fully saturated rings. The van der Waals surface area contributed by atoms with Gasteiger partial charge >= 0.3 is 5.97 Å². The third kappa shape index (κ3) is 6.71. The molecule has 0 spiro atoms. The number of carbonyl (C=O) groups excluding carboxylic acids is 1. The van der Waals surface area contributed by atoms with Gasteiger partial charge < -0.3 is 9.47 Å². The first-order valence-corrected chi connectivity index (χ1v) is 13.6. The van der Waals surface area contributed by atoms with E-state index in [1.165, 1.54) is 0 Å². The second-order valence-corrected chi connectivity index (χ2v) is 10.1. The summed E-state index contributed by atoms with van der Waals surface area (Å²) in [6, 6.07) is 0. The Hall–Kier alpha value is -2.85. The van der Waals surface area contributed by atoms with Crippen molar-refractivity contribution in [1.29, 1.82) is 0 Å². The van der Waals surface area contributed by atoms with E-state index in [0.717, 1.165) is 25.7 Å². The van der Waals surface area contributed by atoms with Crippen LogP contribution in [0.15, 0.2) is 0 Å². The Kier molecular flexibility index (Phi) is 11.2. The maximum Gasteiger partial charge on any atom is 0.314 e. The Morgan fingerprint density at radius 3 is 1.55 bits per heavy atom. The van der Waals surface area contributed by atoms with Crippen molar-refractivity contribution in [2.45, 2.75) is 84.5 Å². The number of esters is 1. The van der Waals surface area contributed by atoms with Gasteiger partial charge in [-0.05, 0) is 38.0 Å². The largest absolute Gasteiger partial charge is 0.487 e. The lowest BCUT2D eigenvalue weighted by atomic mass is 9.80. The molecule has 1 aliphatic carbocycles. The highest BCUT2D eigenvalue weighted by Crippen LogP contribution is 2.42. The van der Waals surface area contributed by atoms with Gasteiger partial charge in [0.1, 0.15) is 0 Å². The average Bonchev–Trinajstić information content (AvgIpc) is 2.95. The quantitative estimate of drug-likeness (QED) is 0.0825. The van der Waals surface area contributed by atoms with Crippen LogP contribution in [0.4, 0.5) is 35.1 Å². The predicted molar refractivity (Wildman–Crippen MR) is 132 cm³/mol. The molecule has 0 N–H and O–H groups in total. The molecule has 0 heterocycles. The number of hydrogen-bond donors (Lipinski definition) is 0. The summed E-state index contributed by atoms with van der Waals surface area (Å²) in [5.41, 5.74) is -4.05. The molecule has 222 valence electrons. The molecule has 0 saturated heterocycles.